The smallest absolute Gasteiger partial charge is 0.255 e. The number of aliphatic imine (C=N–C) groups is 1. The Bertz CT molecular complexity index is 1510. The number of carbonyl (C=O) groups is 1. The third kappa shape index (κ3) is 5.53. The number of amides is 1. The van der Waals surface area contributed by atoms with Crippen molar-refractivity contribution in [2.45, 2.75) is 12.5 Å². The first-order valence-electron chi connectivity index (χ1n) is 12.2. The van der Waals surface area contributed by atoms with Crippen molar-refractivity contribution in [1.82, 2.24) is 0 Å². The van der Waals surface area contributed by atoms with E-state index in [-0.39, 0.29) is 11.7 Å². The molecule has 0 saturated heterocycles. The molecule has 7 heteroatoms. The minimum absolute atomic E-state index is 0.0983. The molecule has 0 aromatic heterocycles. The van der Waals surface area contributed by atoms with Crippen LogP contribution in [0.2, 0.25) is 0 Å². The maximum Gasteiger partial charge on any atom is 0.255 e. The van der Waals surface area contributed by atoms with Crippen LogP contribution in [0.15, 0.2) is 120 Å². The minimum Gasteiger partial charge on any atom is -0.457 e. The van der Waals surface area contributed by atoms with E-state index in [0.29, 0.717) is 34.7 Å². The Morgan fingerprint density at radius 2 is 1.39 bits per heavy atom. The van der Waals surface area contributed by atoms with Gasteiger partial charge in [-0.15, -0.1) is 0 Å². The molecule has 4 aromatic rings. The molecule has 5 rings (SSSR count). The molecular formula is C31H27N5O2. The molecule has 1 heterocycles. The molecular weight excluding hydrogens is 474 g/mol. The number of benzene rings is 4. The van der Waals surface area contributed by atoms with Gasteiger partial charge < -0.3 is 21.5 Å². The van der Waals surface area contributed by atoms with Crippen LogP contribution in [0.1, 0.15) is 27.9 Å². The lowest BCUT2D eigenvalue weighted by Gasteiger charge is -2.25. The van der Waals surface area contributed by atoms with Gasteiger partial charge in [0, 0.05) is 34.9 Å². The number of carbonyl (C=O) groups excluding carboxylic acids is 1. The molecule has 0 saturated carbocycles. The fourth-order valence-electron chi connectivity index (χ4n) is 4.30. The summed E-state index contributed by atoms with van der Waals surface area (Å²) in [7, 11) is 0. The Morgan fingerprint density at radius 1 is 0.816 bits per heavy atom. The number of nitrogens with two attached hydrogens (primary N) is 2. The van der Waals surface area contributed by atoms with Gasteiger partial charge in [-0.2, -0.15) is 0 Å². The predicted octanol–water partition coefficient (Wildman–Crippen LogP) is 5.60. The molecule has 188 valence electrons. The Labute approximate surface area is 221 Å². The van der Waals surface area contributed by atoms with Crippen LogP contribution >= 0.6 is 0 Å². The molecule has 0 fully saturated rings. The van der Waals surface area contributed by atoms with E-state index in [1.165, 1.54) is 0 Å². The summed E-state index contributed by atoms with van der Waals surface area (Å²) < 4.78 is 5.90. The van der Waals surface area contributed by atoms with Crippen molar-refractivity contribution in [3.63, 3.8) is 0 Å². The van der Waals surface area contributed by atoms with Crippen LogP contribution in [0.4, 0.5) is 5.69 Å². The monoisotopic (exact) mass is 501 g/mol. The van der Waals surface area contributed by atoms with E-state index in [0.717, 1.165) is 22.6 Å². The maximum atomic E-state index is 12.5. The molecule has 4 aromatic carbocycles. The Balaban J connectivity index is 1.39. The second-order valence-corrected chi connectivity index (χ2v) is 8.88. The summed E-state index contributed by atoms with van der Waals surface area (Å²) in [6.45, 7) is 0. The zero-order valence-corrected chi connectivity index (χ0v) is 20.6. The third-order valence-corrected chi connectivity index (χ3v) is 6.19. The predicted molar refractivity (Wildman–Crippen MR) is 152 cm³/mol. The third-order valence-electron chi connectivity index (χ3n) is 6.19. The van der Waals surface area contributed by atoms with Crippen LogP contribution in [0.5, 0.6) is 11.5 Å². The second kappa shape index (κ2) is 10.9. The van der Waals surface area contributed by atoms with Crippen molar-refractivity contribution in [2.24, 2.45) is 16.5 Å². The first kappa shape index (κ1) is 24.7. The van der Waals surface area contributed by atoms with Gasteiger partial charge >= 0.3 is 0 Å². The number of nitrogens with one attached hydrogen (secondary N) is 2. The van der Waals surface area contributed by atoms with Crippen molar-refractivity contribution in [3.8, 4) is 11.5 Å². The van der Waals surface area contributed by atoms with E-state index in [9.17, 15) is 4.79 Å². The Hall–Kier alpha value is -5.01. The molecule has 0 bridgehead atoms. The summed E-state index contributed by atoms with van der Waals surface area (Å²) >= 11 is 0. The normalized spacial score (nSPS) is 15.0. The van der Waals surface area contributed by atoms with Crippen molar-refractivity contribution in [2.75, 3.05) is 5.32 Å². The molecule has 38 heavy (non-hydrogen) atoms. The van der Waals surface area contributed by atoms with Crippen LogP contribution in [-0.4, -0.2) is 23.5 Å². The lowest BCUT2D eigenvalue weighted by molar-refractivity contribution is 0.102. The van der Waals surface area contributed by atoms with Crippen molar-refractivity contribution in [1.29, 1.82) is 5.41 Å². The number of para-hydroxylation sites is 1. The van der Waals surface area contributed by atoms with Crippen molar-refractivity contribution in [3.05, 3.63) is 131 Å². The van der Waals surface area contributed by atoms with Crippen LogP contribution in [-0.2, 0) is 0 Å². The number of ether oxygens (including phenoxy) is 1. The van der Waals surface area contributed by atoms with E-state index >= 15 is 0 Å². The van der Waals surface area contributed by atoms with Gasteiger partial charge in [-0.25, -0.2) is 0 Å². The number of hydrogen-bond acceptors (Lipinski definition) is 5. The average molecular weight is 502 g/mol. The molecule has 1 unspecified atom stereocenters. The highest BCUT2D eigenvalue weighted by Gasteiger charge is 2.26. The van der Waals surface area contributed by atoms with Gasteiger partial charge in [0.15, 0.2) is 0 Å². The largest absolute Gasteiger partial charge is 0.457 e. The van der Waals surface area contributed by atoms with Gasteiger partial charge in [0.1, 0.15) is 17.3 Å². The molecule has 1 amide bonds. The van der Waals surface area contributed by atoms with Gasteiger partial charge in [-0.05, 0) is 66.2 Å². The summed E-state index contributed by atoms with van der Waals surface area (Å²) in [5, 5.41) is 11.0. The number of rotatable bonds is 7. The van der Waals surface area contributed by atoms with Gasteiger partial charge in [0.25, 0.3) is 5.91 Å². The van der Waals surface area contributed by atoms with E-state index in [1.54, 1.807) is 12.1 Å². The van der Waals surface area contributed by atoms with E-state index in [4.69, 9.17) is 26.6 Å². The molecule has 1 aliphatic heterocycles. The molecule has 1 atom stereocenters. The first-order chi connectivity index (χ1) is 18.5. The summed E-state index contributed by atoms with van der Waals surface area (Å²) in [6.07, 6.45) is 0.434. The van der Waals surface area contributed by atoms with Crippen LogP contribution in [0.25, 0.3) is 5.70 Å². The fourth-order valence-corrected chi connectivity index (χ4v) is 4.30. The molecule has 0 spiro atoms. The highest BCUT2D eigenvalue weighted by Crippen LogP contribution is 2.31. The highest BCUT2D eigenvalue weighted by atomic mass is 16.5. The zero-order valence-electron chi connectivity index (χ0n) is 20.6. The maximum absolute atomic E-state index is 12.5. The zero-order chi connectivity index (χ0) is 26.5. The molecule has 0 aliphatic carbocycles. The highest BCUT2D eigenvalue weighted by molar-refractivity contribution is 6.12. The number of anilines is 1. The summed E-state index contributed by atoms with van der Waals surface area (Å²) in [5.41, 5.74) is 17.2. The minimum atomic E-state index is -0.479. The van der Waals surface area contributed by atoms with Gasteiger partial charge in [0.2, 0.25) is 0 Å². The second-order valence-electron chi connectivity index (χ2n) is 8.88. The number of amidine groups is 1. The van der Waals surface area contributed by atoms with Gasteiger partial charge in [-0.1, -0.05) is 48.5 Å². The molecule has 6 N–H and O–H groups in total. The van der Waals surface area contributed by atoms with Crippen LogP contribution in [0, 0.1) is 5.41 Å². The standard InChI is InChI=1S/C31H27N5O2/c32-26-19-27(20-11-15-23(16-12-20)35-31(37)22-7-3-1-4-8-22)36-29(28(26)30(33)34)21-13-17-25(18-14-21)38-24-9-5-2-6-10-24/h1-18,26H,19,32H2,(H3,33,34)(H,35,37). The molecule has 7 nitrogen and oxygen atoms in total. The van der Waals surface area contributed by atoms with Crippen molar-refractivity contribution >= 4 is 28.8 Å². The van der Waals surface area contributed by atoms with E-state index < -0.39 is 6.04 Å². The van der Waals surface area contributed by atoms with E-state index in [1.807, 2.05) is 97.1 Å². The SMILES string of the molecule is N=C(N)C1=C(c2ccc(Oc3ccccc3)cc2)N=C(c2ccc(NC(=O)c3ccccc3)cc2)CC1N. The van der Waals surface area contributed by atoms with Gasteiger partial charge in [0.05, 0.1) is 11.4 Å². The quantitative estimate of drug-likeness (QED) is 0.194. The lowest BCUT2D eigenvalue weighted by Crippen LogP contribution is -2.36. The van der Waals surface area contributed by atoms with Gasteiger partial charge in [-0.3, -0.25) is 15.2 Å². The van der Waals surface area contributed by atoms with E-state index in [2.05, 4.69) is 5.32 Å². The van der Waals surface area contributed by atoms with Crippen molar-refractivity contribution < 1.29 is 9.53 Å². The Morgan fingerprint density at radius 3 is 2.03 bits per heavy atom. The topological polar surface area (TPSA) is 127 Å². The van der Waals surface area contributed by atoms with Crippen LogP contribution in [0.3, 0.4) is 0 Å². The fraction of sp³-hybridized carbons (Fsp3) is 0.0645. The summed E-state index contributed by atoms with van der Waals surface area (Å²) in [6, 6.07) is 33.1. The number of nitrogens with zero attached hydrogens (tertiary/aromatic N) is 1. The molecule has 0 radical (unpaired) electrons. The first-order valence-corrected chi connectivity index (χ1v) is 12.2. The molecule has 1 aliphatic rings. The lowest BCUT2D eigenvalue weighted by atomic mass is 9.90. The number of hydrogen-bond donors (Lipinski definition) is 4. The summed E-state index contributed by atoms with van der Waals surface area (Å²) in [4.78, 5) is 17.4. The van der Waals surface area contributed by atoms with Crippen LogP contribution < -0.4 is 21.5 Å². The average Bonchev–Trinajstić information content (AvgIpc) is 2.94. The Kier molecular flexibility index (Phi) is 7.10. The summed E-state index contributed by atoms with van der Waals surface area (Å²) in [5.74, 6) is 1.15.